The average molecular weight is 229 g/mol. The van der Waals surface area contributed by atoms with E-state index in [4.69, 9.17) is 0 Å². The van der Waals surface area contributed by atoms with Crippen LogP contribution in [0, 0.1) is 5.92 Å². The Kier molecular flexibility index (Phi) is 6.74. The lowest BCUT2D eigenvalue weighted by Gasteiger charge is -2.23. The number of nitrogens with zero attached hydrogens (tertiary/aromatic N) is 1. The van der Waals surface area contributed by atoms with Gasteiger partial charge in [0.2, 0.25) is 0 Å². The second kappa shape index (κ2) is 7.56. The normalized spacial score (nSPS) is 18.4. The van der Waals surface area contributed by atoms with Crippen molar-refractivity contribution in [3.05, 3.63) is 0 Å². The van der Waals surface area contributed by atoms with E-state index in [-0.39, 0.29) is 0 Å². The van der Waals surface area contributed by atoms with Crippen molar-refractivity contribution in [3.63, 3.8) is 0 Å². The van der Waals surface area contributed by atoms with Gasteiger partial charge in [-0.05, 0) is 56.9 Å². The van der Waals surface area contributed by atoms with Gasteiger partial charge in [-0.2, -0.15) is 12.6 Å². The fourth-order valence-electron chi connectivity index (χ4n) is 2.03. The summed E-state index contributed by atoms with van der Waals surface area (Å²) < 4.78 is 0. The molecule has 90 valence electrons. The lowest BCUT2D eigenvalue weighted by Crippen LogP contribution is -2.29. The fraction of sp³-hybridized carbons (Fsp3) is 1.00. The smallest absolute Gasteiger partial charge is 0.00964 e. The zero-order chi connectivity index (χ0) is 11.1. The van der Waals surface area contributed by atoms with E-state index in [1.165, 1.54) is 51.6 Å². The molecule has 2 heteroatoms. The molecule has 1 rings (SSSR count). The van der Waals surface area contributed by atoms with Gasteiger partial charge in [-0.25, -0.2) is 0 Å². The highest BCUT2D eigenvalue weighted by molar-refractivity contribution is 7.80. The lowest BCUT2D eigenvalue weighted by atomic mass is 10.0. The summed E-state index contributed by atoms with van der Waals surface area (Å²) in [5.74, 6) is 1.89. The van der Waals surface area contributed by atoms with Crippen LogP contribution in [-0.4, -0.2) is 29.8 Å². The Bertz CT molecular complexity index is 157. The van der Waals surface area contributed by atoms with Gasteiger partial charge in [0.15, 0.2) is 0 Å². The van der Waals surface area contributed by atoms with E-state index < -0.39 is 0 Å². The van der Waals surface area contributed by atoms with Crippen LogP contribution in [0.1, 0.15) is 52.4 Å². The fourth-order valence-corrected chi connectivity index (χ4v) is 2.47. The van der Waals surface area contributed by atoms with Crippen molar-refractivity contribution in [2.45, 2.75) is 58.4 Å². The Hall–Kier alpha value is 0.310. The van der Waals surface area contributed by atoms with Crippen LogP contribution in [0.15, 0.2) is 0 Å². The van der Waals surface area contributed by atoms with Gasteiger partial charge in [-0.15, -0.1) is 0 Å². The Morgan fingerprint density at radius 3 is 2.53 bits per heavy atom. The van der Waals surface area contributed by atoms with Crippen molar-refractivity contribution in [1.82, 2.24) is 4.90 Å². The van der Waals surface area contributed by atoms with Crippen LogP contribution in [-0.2, 0) is 0 Å². The predicted molar refractivity (Wildman–Crippen MR) is 71.8 cm³/mol. The van der Waals surface area contributed by atoms with Gasteiger partial charge in [0, 0.05) is 6.04 Å². The molecule has 0 aromatic carbocycles. The molecule has 1 nitrogen and oxygen atoms in total. The van der Waals surface area contributed by atoms with Gasteiger partial charge in [-0.1, -0.05) is 20.3 Å². The highest BCUT2D eigenvalue weighted by atomic mass is 32.1. The van der Waals surface area contributed by atoms with E-state index in [1.54, 1.807) is 0 Å². The molecule has 0 aromatic heterocycles. The van der Waals surface area contributed by atoms with Crippen LogP contribution < -0.4 is 0 Å². The zero-order valence-electron chi connectivity index (χ0n) is 10.4. The molecule has 0 heterocycles. The van der Waals surface area contributed by atoms with E-state index in [2.05, 4.69) is 31.4 Å². The second-order valence-electron chi connectivity index (χ2n) is 5.03. The third-order valence-electron chi connectivity index (χ3n) is 3.39. The molecule has 0 spiro atoms. The summed E-state index contributed by atoms with van der Waals surface area (Å²) in [6, 6.07) is 0.944. The van der Waals surface area contributed by atoms with Crippen molar-refractivity contribution in [3.8, 4) is 0 Å². The van der Waals surface area contributed by atoms with E-state index in [0.717, 1.165) is 17.7 Å². The topological polar surface area (TPSA) is 3.24 Å². The maximum absolute atomic E-state index is 4.30. The number of hydrogen-bond donors (Lipinski definition) is 1. The number of hydrogen-bond acceptors (Lipinski definition) is 2. The maximum Gasteiger partial charge on any atom is 0.00964 e. The standard InChI is InChI=1S/C13H27NS/c1-3-4-9-14(13-5-6-13)10-7-12(2)8-11-15/h12-13,15H,3-11H2,1-2H3. The largest absolute Gasteiger partial charge is 0.300 e. The summed E-state index contributed by atoms with van der Waals surface area (Å²) in [6.07, 6.45) is 8.23. The first kappa shape index (κ1) is 13.4. The summed E-state index contributed by atoms with van der Waals surface area (Å²) in [6.45, 7) is 7.30. The van der Waals surface area contributed by atoms with Gasteiger partial charge in [0.05, 0.1) is 0 Å². The summed E-state index contributed by atoms with van der Waals surface area (Å²) >= 11 is 4.30. The van der Waals surface area contributed by atoms with E-state index in [1.807, 2.05) is 0 Å². The molecule has 0 bridgehead atoms. The van der Waals surface area contributed by atoms with Crippen LogP contribution in [0.3, 0.4) is 0 Å². The summed E-state index contributed by atoms with van der Waals surface area (Å²) in [5.41, 5.74) is 0. The van der Waals surface area contributed by atoms with Gasteiger partial charge in [-0.3, -0.25) is 0 Å². The second-order valence-corrected chi connectivity index (χ2v) is 5.47. The van der Waals surface area contributed by atoms with Crippen molar-refractivity contribution in [1.29, 1.82) is 0 Å². The Labute approximate surface area is 101 Å². The van der Waals surface area contributed by atoms with Crippen LogP contribution in [0.2, 0.25) is 0 Å². The minimum absolute atomic E-state index is 0.852. The molecule has 0 aromatic rings. The molecule has 1 aliphatic rings. The molecule has 0 saturated heterocycles. The molecule has 0 N–H and O–H groups in total. The summed E-state index contributed by atoms with van der Waals surface area (Å²) in [4.78, 5) is 2.72. The zero-order valence-corrected chi connectivity index (χ0v) is 11.3. The summed E-state index contributed by atoms with van der Waals surface area (Å²) in [5, 5.41) is 0. The highest BCUT2D eigenvalue weighted by Crippen LogP contribution is 2.27. The average Bonchev–Trinajstić information content (AvgIpc) is 3.02. The number of thiol groups is 1. The SMILES string of the molecule is CCCCN(CCC(C)CCS)C1CC1. The van der Waals surface area contributed by atoms with Crippen molar-refractivity contribution in [2.75, 3.05) is 18.8 Å². The molecule has 1 unspecified atom stereocenters. The molecule has 15 heavy (non-hydrogen) atoms. The minimum Gasteiger partial charge on any atom is -0.300 e. The van der Waals surface area contributed by atoms with Gasteiger partial charge >= 0.3 is 0 Å². The maximum atomic E-state index is 4.30. The first-order chi connectivity index (χ1) is 7.27. The Morgan fingerprint density at radius 1 is 1.27 bits per heavy atom. The van der Waals surface area contributed by atoms with Crippen LogP contribution in [0.5, 0.6) is 0 Å². The van der Waals surface area contributed by atoms with E-state index >= 15 is 0 Å². The van der Waals surface area contributed by atoms with Gasteiger partial charge in [0.1, 0.15) is 0 Å². The van der Waals surface area contributed by atoms with Crippen LogP contribution in [0.25, 0.3) is 0 Å². The molecule has 0 radical (unpaired) electrons. The van der Waals surface area contributed by atoms with Crippen molar-refractivity contribution in [2.24, 2.45) is 5.92 Å². The van der Waals surface area contributed by atoms with Crippen LogP contribution >= 0.6 is 12.6 Å². The Morgan fingerprint density at radius 2 is 2.00 bits per heavy atom. The third kappa shape index (κ3) is 5.82. The molecular formula is C13H27NS. The number of rotatable bonds is 9. The summed E-state index contributed by atoms with van der Waals surface area (Å²) in [7, 11) is 0. The van der Waals surface area contributed by atoms with E-state index in [0.29, 0.717) is 0 Å². The molecule has 1 fully saturated rings. The predicted octanol–water partition coefficient (Wildman–Crippen LogP) is 3.60. The molecule has 1 atom stereocenters. The molecule has 0 aliphatic heterocycles. The lowest BCUT2D eigenvalue weighted by molar-refractivity contribution is 0.240. The monoisotopic (exact) mass is 229 g/mol. The van der Waals surface area contributed by atoms with Crippen molar-refractivity contribution < 1.29 is 0 Å². The Balaban J connectivity index is 2.13. The first-order valence-electron chi connectivity index (χ1n) is 6.62. The van der Waals surface area contributed by atoms with Crippen molar-refractivity contribution >= 4 is 12.6 Å². The molecular weight excluding hydrogens is 202 g/mol. The first-order valence-corrected chi connectivity index (χ1v) is 7.26. The minimum atomic E-state index is 0.852. The van der Waals surface area contributed by atoms with Gasteiger partial charge < -0.3 is 4.90 Å². The molecule has 0 amide bonds. The van der Waals surface area contributed by atoms with E-state index in [9.17, 15) is 0 Å². The number of unbranched alkanes of at least 4 members (excludes halogenated alkanes) is 1. The molecule has 1 aliphatic carbocycles. The highest BCUT2D eigenvalue weighted by Gasteiger charge is 2.28. The third-order valence-corrected chi connectivity index (χ3v) is 3.65. The van der Waals surface area contributed by atoms with Crippen LogP contribution in [0.4, 0.5) is 0 Å². The quantitative estimate of drug-likeness (QED) is 0.591. The molecule has 1 saturated carbocycles. The van der Waals surface area contributed by atoms with Gasteiger partial charge in [0.25, 0.3) is 0 Å².